The Labute approximate surface area is 80.4 Å². The Bertz CT molecular complexity index is 187. The number of hydrogen-bond donors (Lipinski definition) is 3. The average Bonchev–Trinajstić information content (AvgIpc) is 2.02. The summed E-state index contributed by atoms with van der Waals surface area (Å²) < 4.78 is 0. The van der Waals surface area contributed by atoms with Crippen molar-refractivity contribution in [3.05, 3.63) is 0 Å². The minimum atomic E-state index is -0.468. The van der Waals surface area contributed by atoms with Crippen LogP contribution in [-0.4, -0.2) is 25.5 Å². The Morgan fingerprint density at radius 3 is 1.85 bits per heavy atom. The highest BCUT2D eigenvalue weighted by atomic mass is 16.2. The van der Waals surface area contributed by atoms with Crippen LogP contribution in [-0.2, 0) is 4.79 Å². The second kappa shape index (κ2) is 4.07. The second-order valence-corrected chi connectivity index (χ2v) is 4.20. The number of amides is 1. The van der Waals surface area contributed by atoms with E-state index in [0.717, 1.165) is 0 Å². The van der Waals surface area contributed by atoms with Gasteiger partial charge in [-0.15, -0.1) is 0 Å². The lowest BCUT2D eigenvalue weighted by atomic mass is 9.74. The SMILES string of the molecule is CNNC(C)(C)C(C)(C)C(=O)NC. The van der Waals surface area contributed by atoms with Crippen LogP contribution in [0.2, 0.25) is 0 Å². The van der Waals surface area contributed by atoms with E-state index in [4.69, 9.17) is 0 Å². The van der Waals surface area contributed by atoms with Crippen molar-refractivity contribution in [2.45, 2.75) is 33.2 Å². The molecule has 0 spiro atoms. The van der Waals surface area contributed by atoms with Crippen LogP contribution in [0.1, 0.15) is 27.7 Å². The van der Waals surface area contributed by atoms with Crippen molar-refractivity contribution < 1.29 is 4.79 Å². The van der Waals surface area contributed by atoms with Gasteiger partial charge in [0.05, 0.1) is 5.41 Å². The number of carbonyl (C=O) groups is 1. The molecule has 0 unspecified atom stereocenters. The number of hydrogen-bond acceptors (Lipinski definition) is 3. The molecule has 1 amide bonds. The molecule has 0 heterocycles. The first kappa shape index (κ1) is 12.4. The Morgan fingerprint density at radius 1 is 1.08 bits per heavy atom. The van der Waals surface area contributed by atoms with Crippen LogP contribution in [0.5, 0.6) is 0 Å². The lowest BCUT2D eigenvalue weighted by molar-refractivity contribution is -0.132. The zero-order valence-electron chi connectivity index (χ0n) is 9.41. The van der Waals surface area contributed by atoms with E-state index in [1.54, 1.807) is 14.1 Å². The highest BCUT2D eigenvalue weighted by Gasteiger charge is 2.42. The zero-order chi connectivity index (χ0) is 10.7. The van der Waals surface area contributed by atoms with Crippen LogP contribution in [0, 0.1) is 5.41 Å². The predicted octanol–water partition coefficient (Wildman–Crippen LogP) is 0.261. The standard InChI is InChI=1S/C9H21N3O/c1-8(2,7(13)10-5)9(3,4)12-11-6/h11-12H,1-6H3,(H,10,13). The van der Waals surface area contributed by atoms with Crippen molar-refractivity contribution in [2.24, 2.45) is 5.41 Å². The van der Waals surface area contributed by atoms with Gasteiger partial charge >= 0.3 is 0 Å². The van der Waals surface area contributed by atoms with Gasteiger partial charge in [-0.25, -0.2) is 0 Å². The summed E-state index contributed by atoms with van der Waals surface area (Å²) in [5.74, 6) is 0.0280. The van der Waals surface area contributed by atoms with Crippen molar-refractivity contribution in [2.75, 3.05) is 14.1 Å². The van der Waals surface area contributed by atoms with Crippen molar-refractivity contribution in [3.8, 4) is 0 Å². The molecule has 4 heteroatoms. The summed E-state index contributed by atoms with van der Waals surface area (Å²) in [6, 6.07) is 0. The normalized spacial score (nSPS) is 12.8. The van der Waals surface area contributed by atoms with Crippen molar-refractivity contribution in [1.29, 1.82) is 0 Å². The molecule has 4 nitrogen and oxygen atoms in total. The Hall–Kier alpha value is -0.610. The third-order valence-electron chi connectivity index (χ3n) is 2.79. The summed E-state index contributed by atoms with van der Waals surface area (Å²) in [4.78, 5) is 11.6. The third-order valence-corrected chi connectivity index (χ3v) is 2.79. The zero-order valence-corrected chi connectivity index (χ0v) is 9.41. The minimum absolute atomic E-state index is 0.0280. The van der Waals surface area contributed by atoms with Gasteiger partial charge in [-0.05, 0) is 34.7 Å². The summed E-state index contributed by atoms with van der Waals surface area (Å²) >= 11 is 0. The first-order chi connectivity index (χ1) is 5.79. The van der Waals surface area contributed by atoms with Crippen molar-refractivity contribution in [3.63, 3.8) is 0 Å². The van der Waals surface area contributed by atoms with Gasteiger partial charge in [-0.2, -0.15) is 0 Å². The van der Waals surface area contributed by atoms with Crippen LogP contribution in [0.4, 0.5) is 0 Å². The van der Waals surface area contributed by atoms with E-state index in [0.29, 0.717) is 0 Å². The lowest BCUT2D eigenvalue weighted by Crippen LogP contribution is -2.60. The number of nitrogens with one attached hydrogen (secondary N) is 3. The lowest BCUT2D eigenvalue weighted by Gasteiger charge is -2.40. The average molecular weight is 187 g/mol. The van der Waals surface area contributed by atoms with Crippen LogP contribution >= 0.6 is 0 Å². The van der Waals surface area contributed by atoms with Gasteiger partial charge in [-0.3, -0.25) is 15.6 Å². The maximum Gasteiger partial charge on any atom is 0.227 e. The summed E-state index contributed by atoms with van der Waals surface area (Å²) in [6.07, 6.45) is 0. The largest absolute Gasteiger partial charge is 0.359 e. The van der Waals surface area contributed by atoms with Gasteiger partial charge in [0.1, 0.15) is 0 Å². The molecule has 0 radical (unpaired) electrons. The van der Waals surface area contributed by atoms with E-state index in [9.17, 15) is 4.79 Å². The summed E-state index contributed by atoms with van der Waals surface area (Å²) in [5.41, 5.74) is 5.16. The van der Waals surface area contributed by atoms with Gasteiger partial charge in [0.2, 0.25) is 5.91 Å². The van der Waals surface area contributed by atoms with Crippen LogP contribution in [0.25, 0.3) is 0 Å². The molecule has 0 saturated carbocycles. The minimum Gasteiger partial charge on any atom is -0.359 e. The van der Waals surface area contributed by atoms with Crippen LogP contribution < -0.4 is 16.2 Å². The van der Waals surface area contributed by atoms with E-state index in [-0.39, 0.29) is 11.4 Å². The molecule has 0 bridgehead atoms. The topological polar surface area (TPSA) is 53.2 Å². The van der Waals surface area contributed by atoms with Gasteiger partial charge in [-0.1, -0.05) is 0 Å². The van der Waals surface area contributed by atoms with Gasteiger partial charge in [0.15, 0.2) is 0 Å². The molecule has 0 aliphatic carbocycles. The first-order valence-corrected chi connectivity index (χ1v) is 4.45. The molecule has 3 N–H and O–H groups in total. The fraction of sp³-hybridized carbons (Fsp3) is 0.889. The third kappa shape index (κ3) is 2.42. The van der Waals surface area contributed by atoms with Crippen LogP contribution in [0.15, 0.2) is 0 Å². The molecule has 0 rings (SSSR count). The maximum absolute atomic E-state index is 11.6. The molecule has 0 aromatic heterocycles. The van der Waals surface area contributed by atoms with E-state index in [2.05, 4.69) is 16.2 Å². The summed E-state index contributed by atoms with van der Waals surface area (Å²) in [5, 5.41) is 2.66. The predicted molar refractivity (Wildman–Crippen MR) is 54.1 cm³/mol. The number of carbonyl (C=O) groups excluding carboxylic acids is 1. The van der Waals surface area contributed by atoms with E-state index in [1.165, 1.54) is 0 Å². The molecule has 0 saturated heterocycles. The van der Waals surface area contributed by atoms with E-state index >= 15 is 0 Å². The molecule has 13 heavy (non-hydrogen) atoms. The quantitative estimate of drug-likeness (QED) is 0.553. The molecule has 0 atom stereocenters. The molecule has 0 aliphatic rings. The molecule has 0 fully saturated rings. The number of hydrazine groups is 1. The molecule has 78 valence electrons. The maximum atomic E-state index is 11.6. The Kier molecular flexibility index (Phi) is 3.88. The molecule has 0 aromatic carbocycles. The summed E-state index contributed by atoms with van der Waals surface area (Å²) in [7, 11) is 3.45. The molecular formula is C9H21N3O. The Balaban J connectivity index is 4.69. The Morgan fingerprint density at radius 2 is 1.54 bits per heavy atom. The fourth-order valence-electron chi connectivity index (χ4n) is 1.07. The highest BCUT2D eigenvalue weighted by molar-refractivity contribution is 5.83. The van der Waals surface area contributed by atoms with E-state index in [1.807, 2.05) is 27.7 Å². The number of rotatable bonds is 4. The fourth-order valence-corrected chi connectivity index (χ4v) is 1.07. The van der Waals surface area contributed by atoms with E-state index < -0.39 is 5.41 Å². The molecular weight excluding hydrogens is 166 g/mol. The van der Waals surface area contributed by atoms with Gasteiger partial charge in [0.25, 0.3) is 0 Å². The highest BCUT2D eigenvalue weighted by Crippen LogP contribution is 2.29. The van der Waals surface area contributed by atoms with Crippen LogP contribution in [0.3, 0.4) is 0 Å². The molecule has 0 aliphatic heterocycles. The monoisotopic (exact) mass is 187 g/mol. The summed E-state index contributed by atoms with van der Waals surface area (Å²) in [6.45, 7) is 7.80. The molecule has 0 aromatic rings. The van der Waals surface area contributed by atoms with Gasteiger partial charge < -0.3 is 5.32 Å². The second-order valence-electron chi connectivity index (χ2n) is 4.20. The van der Waals surface area contributed by atoms with Crippen molar-refractivity contribution in [1.82, 2.24) is 16.2 Å². The smallest absolute Gasteiger partial charge is 0.227 e. The first-order valence-electron chi connectivity index (χ1n) is 4.45. The van der Waals surface area contributed by atoms with Gasteiger partial charge in [0, 0.05) is 12.6 Å². The van der Waals surface area contributed by atoms with Crippen molar-refractivity contribution >= 4 is 5.91 Å².